The van der Waals surface area contributed by atoms with E-state index in [2.05, 4.69) is 5.16 Å². The fourth-order valence-electron chi connectivity index (χ4n) is 2.83. The van der Waals surface area contributed by atoms with Gasteiger partial charge in [-0.05, 0) is 29.0 Å². The number of oxime groups is 1. The Labute approximate surface area is 148 Å². The van der Waals surface area contributed by atoms with Crippen LogP contribution in [0.4, 0.5) is 0 Å². The smallest absolute Gasteiger partial charge is 0.379 e. The molecule has 26 heavy (non-hydrogen) atoms. The molecule has 5 heteroatoms. The van der Waals surface area contributed by atoms with Crippen molar-refractivity contribution in [3.63, 3.8) is 0 Å². The molecule has 1 aromatic heterocycles. The largest absolute Gasteiger partial charge is 0.480 e. The van der Waals surface area contributed by atoms with E-state index in [4.69, 9.17) is 9.15 Å². The molecule has 0 fully saturated rings. The van der Waals surface area contributed by atoms with Crippen LogP contribution in [0.15, 0.2) is 87.2 Å². The van der Waals surface area contributed by atoms with Crippen molar-refractivity contribution in [3.8, 4) is 5.75 Å². The fourth-order valence-corrected chi connectivity index (χ4v) is 2.83. The molecule has 5 nitrogen and oxygen atoms in total. The molecule has 0 saturated heterocycles. The number of benzene rings is 3. The monoisotopic (exact) mass is 345 g/mol. The second-order valence-corrected chi connectivity index (χ2v) is 5.83. The van der Waals surface area contributed by atoms with E-state index in [0.29, 0.717) is 11.3 Å². The topological polar surface area (TPSA) is 72.0 Å². The minimum absolute atomic E-state index is 0.0576. The predicted octanol–water partition coefficient (Wildman–Crippen LogP) is 4.20. The molecule has 0 aliphatic rings. The zero-order valence-corrected chi connectivity index (χ0v) is 13.8. The highest BCUT2D eigenvalue weighted by Crippen LogP contribution is 2.18. The zero-order valence-electron chi connectivity index (χ0n) is 13.8. The Hall–Kier alpha value is -3.60. The predicted molar refractivity (Wildman–Crippen MR) is 100 cm³/mol. The molecule has 1 heterocycles. The Morgan fingerprint density at radius 2 is 1.65 bits per heavy atom. The minimum atomic E-state index is -0.570. The third-order valence-corrected chi connectivity index (χ3v) is 4.18. The first-order valence-corrected chi connectivity index (χ1v) is 8.10. The van der Waals surface area contributed by atoms with Crippen LogP contribution in [0, 0.1) is 0 Å². The van der Waals surface area contributed by atoms with Crippen LogP contribution in [0.3, 0.4) is 0 Å². The second kappa shape index (κ2) is 6.72. The first-order chi connectivity index (χ1) is 12.7. The van der Waals surface area contributed by atoms with Crippen LogP contribution >= 0.6 is 0 Å². The van der Waals surface area contributed by atoms with Crippen LogP contribution in [0.5, 0.6) is 5.75 Å². The molecule has 0 amide bonds. The maximum absolute atomic E-state index is 12.1. The standard InChI is InChI=1S/C21H15NO4/c23-21-20(12-17-7-3-4-8-19(17)26-21)25-13-18(22-24)16-10-9-14-5-1-2-6-15(14)11-16/h1-12,24H,13H2/b22-18+. The molecule has 0 bridgehead atoms. The van der Waals surface area contributed by atoms with E-state index in [1.165, 1.54) is 0 Å². The van der Waals surface area contributed by atoms with Gasteiger partial charge in [-0.3, -0.25) is 0 Å². The summed E-state index contributed by atoms with van der Waals surface area (Å²) in [7, 11) is 0. The molecule has 4 aromatic rings. The quantitative estimate of drug-likeness (QED) is 0.260. The van der Waals surface area contributed by atoms with Gasteiger partial charge in [0.05, 0.1) is 0 Å². The summed E-state index contributed by atoms with van der Waals surface area (Å²) < 4.78 is 10.8. The first-order valence-electron chi connectivity index (χ1n) is 8.10. The lowest BCUT2D eigenvalue weighted by molar-refractivity contribution is 0.305. The molecule has 4 rings (SSSR count). The maximum atomic E-state index is 12.1. The van der Waals surface area contributed by atoms with Crippen molar-refractivity contribution in [2.24, 2.45) is 5.16 Å². The summed E-state index contributed by atoms with van der Waals surface area (Å²) in [5.74, 6) is 0.0747. The van der Waals surface area contributed by atoms with E-state index in [-0.39, 0.29) is 12.4 Å². The van der Waals surface area contributed by atoms with Crippen molar-refractivity contribution in [3.05, 3.63) is 88.8 Å². The molecule has 0 spiro atoms. The lowest BCUT2D eigenvalue weighted by atomic mass is 10.0. The Balaban J connectivity index is 1.61. The molecule has 1 N–H and O–H groups in total. The van der Waals surface area contributed by atoms with Gasteiger partial charge >= 0.3 is 5.63 Å². The molecule has 0 unspecified atom stereocenters. The number of hydrogen-bond donors (Lipinski definition) is 1. The maximum Gasteiger partial charge on any atom is 0.379 e. The van der Waals surface area contributed by atoms with Crippen LogP contribution in [-0.2, 0) is 0 Å². The minimum Gasteiger partial charge on any atom is -0.480 e. The van der Waals surface area contributed by atoms with Gasteiger partial charge in [-0.2, -0.15) is 0 Å². The fraction of sp³-hybridized carbons (Fsp3) is 0.0476. The summed E-state index contributed by atoms with van der Waals surface area (Å²) in [6, 6.07) is 22.4. The van der Waals surface area contributed by atoms with Gasteiger partial charge in [0.25, 0.3) is 0 Å². The molecular weight excluding hydrogens is 330 g/mol. The third kappa shape index (κ3) is 3.02. The van der Waals surface area contributed by atoms with Crippen molar-refractivity contribution in [1.29, 1.82) is 0 Å². The van der Waals surface area contributed by atoms with Gasteiger partial charge in [0.15, 0.2) is 0 Å². The lowest BCUT2D eigenvalue weighted by Crippen LogP contribution is -2.16. The Morgan fingerprint density at radius 3 is 2.46 bits per heavy atom. The van der Waals surface area contributed by atoms with Gasteiger partial charge in [0.1, 0.15) is 17.9 Å². The van der Waals surface area contributed by atoms with Gasteiger partial charge in [-0.1, -0.05) is 59.8 Å². The molecule has 0 radical (unpaired) electrons. The molecule has 0 atom stereocenters. The summed E-state index contributed by atoms with van der Waals surface area (Å²) >= 11 is 0. The van der Waals surface area contributed by atoms with Crippen LogP contribution in [0.25, 0.3) is 21.7 Å². The van der Waals surface area contributed by atoms with Crippen molar-refractivity contribution in [1.82, 2.24) is 0 Å². The Kier molecular flexibility index (Phi) is 4.11. The van der Waals surface area contributed by atoms with Crippen molar-refractivity contribution < 1.29 is 14.4 Å². The van der Waals surface area contributed by atoms with E-state index in [1.807, 2.05) is 54.6 Å². The van der Waals surface area contributed by atoms with Crippen molar-refractivity contribution in [2.75, 3.05) is 6.61 Å². The van der Waals surface area contributed by atoms with Crippen LogP contribution < -0.4 is 10.4 Å². The molecule has 0 saturated carbocycles. The number of ether oxygens (including phenoxy) is 1. The van der Waals surface area contributed by atoms with Gasteiger partial charge in [0.2, 0.25) is 5.75 Å². The van der Waals surface area contributed by atoms with Gasteiger partial charge in [0, 0.05) is 10.9 Å². The summed E-state index contributed by atoms with van der Waals surface area (Å²) in [5, 5.41) is 15.6. The van der Waals surface area contributed by atoms with Crippen LogP contribution in [0.1, 0.15) is 5.56 Å². The highest BCUT2D eigenvalue weighted by molar-refractivity contribution is 6.04. The van der Waals surface area contributed by atoms with Crippen molar-refractivity contribution in [2.45, 2.75) is 0 Å². The summed E-state index contributed by atoms with van der Waals surface area (Å²) in [5.41, 5.74) is 0.967. The number of hydrogen-bond acceptors (Lipinski definition) is 5. The number of nitrogens with zero attached hydrogens (tertiary/aromatic N) is 1. The van der Waals surface area contributed by atoms with E-state index in [0.717, 1.165) is 21.7 Å². The zero-order chi connectivity index (χ0) is 17.9. The van der Waals surface area contributed by atoms with E-state index >= 15 is 0 Å². The van der Waals surface area contributed by atoms with Crippen LogP contribution in [-0.4, -0.2) is 17.5 Å². The SMILES string of the molecule is O=c1oc2ccccc2cc1OC/C(=N\O)c1ccc2ccccc2c1. The number of para-hydroxylation sites is 1. The highest BCUT2D eigenvalue weighted by atomic mass is 16.5. The third-order valence-electron chi connectivity index (χ3n) is 4.18. The summed E-state index contributed by atoms with van der Waals surface area (Å²) in [4.78, 5) is 12.1. The van der Waals surface area contributed by atoms with Gasteiger partial charge in [-0.15, -0.1) is 0 Å². The van der Waals surface area contributed by atoms with E-state index in [1.54, 1.807) is 18.2 Å². The van der Waals surface area contributed by atoms with Gasteiger partial charge in [-0.25, -0.2) is 4.79 Å². The number of rotatable bonds is 4. The average molecular weight is 345 g/mol. The Bertz CT molecular complexity index is 1180. The van der Waals surface area contributed by atoms with E-state index < -0.39 is 5.63 Å². The highest BCUT2D eigenvalue weighted by Gasteiger charge is 2.11. The first kappa shape index (κ1) is 15.9. The summed E-state index contributed by atoms with van der Waals surface area (Å²) in [6.07, 6.45) is 0. The molecule has 0 aliphatic carbocycles. The number of fused-ring (bicyclic) bond motifs is 2. The molecule has 3 aromatic carbocycles. The second-order valence-electron chi connectivity index (χ2n) is 5.83. The average Bonchev–Trinajstić information content (AvgIpc) is 2.68. The van der Waals surface area contributed by atoms with Crippen LogP contribution in [0.2, 0.25) is 0 Å². The Morgan fingerprint density at radius 1 is 0.923 bits per heavy atom. The normalized spacial score (nSPS) is 11.8. The van der Waals surface area contributed by atoms with E-state index in [9.17, 15) is 10.0 Å². The molecule has 0 aliphatic heterocycles. The van der Waals surface area contributed by atoms with Gasteiger partial charge < -0.3 is 14.4 Å². The summed E-state index contributed by atoms with van der Waals surface area (Å²) in [6.45, 7) is -0.0576. The lowest BCUT2D eigenvalue weighted by Gasteiger charge is -2.08. The molecular formula is C21H15NO4. The van der Waals surface area contributed by atoms with Crippen molar-refractivity contribution >= 4 is 27.5 Å². The molecule has 128 valence electrons.